The van der Waals surface area contributed by atoms with Crippen molar-refractivity contribution in [3.63, 3.8) is 0 Å². The van der Waals surface area contributed by atoms with E-state index in [0.29, 0.717) is 37.6 Å². The summed E-state index contributed by atoms with van der Waals surface area (Å²) in [5.74, 6) is -0.251. The summed E-state index contributed by atoms with van der Waals surface area (Å²) in [5, 5.41) is 20.1. The van der Waals surface area contributed by atoms with Crippen LogP contribution < -0.4 is 9.80 Å². The molecule has 1 aliphatic rings. The van der Waals surface area contributed by atoms with Gasteiger partial charge in [-0.1, -0.05) is 12.1 Å². The van der Waals surface area contributed by atoms with Crippen molar-refractivity contribution < 1.29 is 9.31 Å². The summed E-state index contributed by atoms with van der Waals surface area (Å²) in [7, 11) is 0. The zero-order chi connectivity index (χ0) is 17.1. The Kier molecular flexibility index (Phi) is 4.29. The van der Waals surface area contributed by atoms with E-state index in [-0.39, 0.29) is 17.1 Å². The zero-order valence-electron chi connectivity index (χ0n) is 12.9. The van der Waals surface area contributed by atoms with Gasteiger partial charge in [-0.3, -0.25) is 10.1 Å². The molecule has 24 heavy (non-hydrogen) atoms. The van der Waals surface area contributed by atoms with Gasteiger partial charge < -0.3 is 9.80 Å². The topological polar surface area (TPSA) is 73.4 Å². The Balaban J connectivity index is 1.77. The van der Waals surface area contributed by atoms with Gasteiger partial charge in [-0.15, -0.1) is 0 Å². The first-order valence-corrected chi connectivity index (χ1v) is 7.53. The number of para-hydroxylation sites is 1. The molecule has 1 fully saturated rings. The van der Waals surface area contributed by atoms with Crippen LogP contribution in [0.25, 0.3) is 0 Å². The van der Waals surface area contributed by atoms with Crippen LogP contribution in [0.1, 0.15) is 5.56 Å². The first-order chi connectivity index (χ1) is 11.6. The maximum absolute atomic E-state index is 13.9. The highest BCUT2D eigenvalue weighted by molar-refractivity contribution is 5.64. The quantitative estimate of drug-likeness (QED) is 0.640. The fourth-order valence-electron chi connectivity index (χ4n) is 2.90. The fraction of sp³-hybridized carbons (Fsp3) is 0.235. The van der Waals surface area contributed by atoms with Gasteiger partial charge in [-0.2, -0.15) is 5.26 Å². The Bertz CT molecular complexity index is 810. The molecule has 122 valence electrons. The van der Waals surface area contributed by atoms with Crippen molar-refractivity contribution in [3.05, 3.63) is 64.0 Å². The first kappa shape index (κ1) is 15.7. The van der Waals surface area contributed by atoms with Crippen molar-refractivity contribution in [3.8, 4) is 6.07 Å². The van der Waals surface area contributed by atoms with Gasteiger partial charge in [0.25, 0.3) is 5.69 Å². The average Bonchev–Trinajstić information content (AvgIpc) is 2.62. The van der Waals surface area contributed by atoms with Gasteiger partial charge in [-0.25, -0.2) is 4.39 Å². The molecule has 0 saturated carbocycles. The second-order valence-corrected chi connectivity index (χ2v) is 5.50. The Labute approximate surface area is 138 Å². The molecule has 0 bridgehead atoms. The number of hydrogen-bond donors (Lipinski definition) is 0. The van der Waals surface area contributed by atoms with E-state index in [2.05, 4.69) is 0 Å². The third kappa shape index (κ3) is 2.99. The minimum atomic E-state index is -0.513. The molecular formula is C17H15FN4O2. The number of nitrogens with zero attached hydrogens (tertiary/aromatic N) is 4. The van der Waals surface area contributed by atoms with Crippen molar-refractivity contribution in [2.75, 3.05) is 36.0 Å². The number of halogens is 1. The highest BCUT2D eigenvalue weighted by atomic mass is 19.1. The number of benzene rings is 2. The van der Waals surface area contributed by atoms with Gasteiger partial charge in [0, 0.05) is 38.3 Å². The molecule has 0 spiro atoms. The molecule has 7 heteroatoms. The van der Waals surface area contributed by atoms with Crippen LogP contribution in [0.5, 0.6) is 0 Å². The van der Waals surface area contributed by atoms with E-state index >= 15 is 0 Å². The number of nitro benzene ring substituents is 1. The lowest BCUT2D eigenvalue weighted by Gasteiger charge is -2.37. The van der Waals surface area contributed by atoms with E-state index in [1.807, 2.05) is 15.9 Å². The van der Waals surface area contributed by atoms with Crippen LogP contribution in [0.3, 0.4) is 0 Å². The van der Waals surface area contributed by atoms with E-state index in [1.165, 1.54) is 18.2 Å². The lowest BCUT2D eigenvalue weighted by Crippen LogP contribution is -2.47. The predicted molar refractivity (Wildman–Crippen MR) is 88.6 cm³/mol. The average molecular weight is 326 g/mol. The molecule has 0 atom stereocenters. The number of anilines is 2. The Morgan fingerprint density at radius 1 is 1.04 bits per heavy atom. The molecule has 0 aromatic heterocycles. The SMILES string of the molecule is N#Cc1cc([N+](=O)[O-])ccc1N1CCN(c2ccccc2F)CC1. The number of rotatable bonds is 3. The van der Waals surface area contributed by atoms with Crippen molar-refractivity contribution in [2.45, 2.75) is 0 Å². The number of nitriles is 1. The van der Waals surface area contributed by atoms with E-state index < -0.39 is 4.92 Å². The number of nitro groups is 1. The largest absolute Gasteiger partial charge is 0.367 e. The summed E-state index contributed by atoms with van der Waals surface area (Å²) in [5.41, 5.74) is 1.43. The fourth-order valence-corrected chi connectivity index (χ4v) is 2.90. The number of hydrogen-bond acceptors (Lipinski definition) is 5. The highest BCUT2D eigenvalue weighted by Crippen LogP contribution is 2.27. The molecule has 1 aliphatic heterocycles. The van der Waals surface area contributed by atoms with Gasteiger partial charge in [0.15, 0.2) is 0 Å². The van der Waals surface area contributed by atoms with Crippen LogP contribution in [0.2, 0.25) is 0 Å². The van der Waals surface area contributed by atoms with Crippen LogP contribution >= 0.6 is 0 Å². The lowest BCUT2D eigenvalue weighted by molar-refractivity contribution is -0.384. The lowest BCUT2D eigenvalue weighted by atomic mass is 10.1. The third-order valence-electron chi connectivity index (χ3n) is 4.12. The summed E-state index contributed by atoms with van der Waals surface area (Å²) in [6.07, 6.45) is 0. The first-order valence-electron chi connectivity index (χ1n) is 7.53. The molecule has 3 rings (SSSR count). The monoisotopic (exact) mass is 326 g/mol. The van der Waals surface area contributed by atoms with E-state index in [1.54, 1.807) is 24.3 Å². The molecule has 0 radical (unpaired) electrons. The van der Waals surface area contributed by atoms with Gasteiger partial charge in [0.05, 0.1) is 21.9 Å². The number of piperazine rings is 1. The molecule has 1 saturated heterocycles. The van der Waals surface area contributed by atoms with Crippen LogP contribution in [0, 0.1) is 27.3 Å². The predicted octanol–water partition coefficient (Wildman–Crippen LogP) is 2.93. The van der Waals surface area contributed by atoms with E-state index in [4.69, 9.17) is 0 Å². The van der Waals surface area contributed by atoms with E-state index in [9.17, 15) is 19.8 Å². The molecule has 2 aromatic carbocycles. The Morgan fingerprint density at radius 2 is 1.67 bits per heavy atom. The van der Waals surface area contributed by atoms with Crippen LogP contribution in [0.15, 0.2) is 42.5 Å². The van der Waals surface area contributed by atoms with Crippen molar-refractivity contribution in [1.82, 2.24) is 0 Å². The van der Waals surface area contributed by atoms with Gasteiger partial charge >= 0.3 is 0 Å². The summed E-state index contributed by atoms with van der Waals surface area (Å²) in [4.78, 5) is 14.3. The van der Waals surface area contributed by atoms with E-state index in [0.717, 1.165) is 0 Å². The smallest absolute Gasteiger partial charge is 0.270 e. The maximum atomic E-state index is 13.9. The molecule has 0 unspecified atom stereocenters. The molecule has 0 N–H and O–H groups in total. The Morgan fingerprint density at radius 3 is 2.25 bits per heavy atom. The molecule has 2 aromatic rings. The minimum Gasteiger partial charge on any atom is -0.367 e. The standard InChI is InChI=1S/C17H15FN4O2/c18-15-3-1-2-4-17(15)21-9-7-20(8-10-21)16-6-5-14(22(23)24)11-13(16)12-19/h1-6,11H,7-10H2. The summed E-state index contributed by atoms with van der Waals surface area (Å²) < 4.78 is 13.9. The zero-order valence-corrected chi connectivity index (χ0v) is 12.9. The van der Waals surface area contributed by atoms with Gasteiger partial charge in [-0.05, 0) is 18.2 Å². The molecule has 6 nitrogen and oxygen atoms in total. The van der Waals surface area contributed by atoms with Gasteiger partial charge in [0.2, 0.25) is 0 Å². The molecule has 0 amide bonds. The van der Waals surface area contributed by atoms with Crippen molar-refractivity contribution in [2.24, 2.45) is 0 Å². The maximum Gasteiger partial charge on any atom is 0.270 e. The van der Waals surface area contributed by atoms with Crippen molar-refractivity contribution in [1.29, 1.82) is 5.26 Å². The molecule has 1 heterocycles. The summed E-state index contributed by atoms with van der Waals surface area (Å²) >= 11 is 0. The van der Waals surface area contributed by atoms with Crippen LogP contribution in [0.4, 0.5) is 21.5 Å². The number of non-ortho nitro benzene ring substituents is 1. The second kappa shape index (κ2) is 6.54. The summed E-state index contributed by atoms with van der Waals surface area (Å²) in [6, 6.07) is 13.0. The van der Waals surface area contributed by atoms with Crippen LogP contribution in [-0.4, -0.2) is 31.1 Å². The third-order valence-corrected chi connectivity index (χ3v) is 4.12. The normalized spacial score (nSPS) is 14.3. The van der Waals surface area contributed by atoms with Crippen LogP contribution in [-0.2, 0) is 0 Å². The Hall–Kier alpha value is -3.14. The summed E-state index contributed by atoms with van der Waals surface area (Å²) in [6.45, 7) is 2.45. The van der Waals surface area contributed by atoms with Gasteiger partial charge in [0.1, 0.15) is 11.9 Å². The highest BCUT2D eigenvalue weighted by Gasteiger charge is 2.22. The van der Waals surface area contributed by atoms with Crippen molar-refractivity contribution >= 4 is 17.1 Å². The second-order valence-electron chi connectivity index (χ2n) is 5.50. The molecular weight excluding hydrogens is 311 g/mol. The minimum absolute atomic E-state index is 0.0970. The molecule has 0 aliphatic carbocycles.